The average molecular weight is 321 g/mol. The van der Waals surface area contributed by atoms with Gasteiger partial charge in [-0.05, 0) is 25.7 Å². The molecule has 0 radical (unpaired) electrons. The van der Waals surface area contributed by atoms with E-state index in [4.69, 9.17) is 4.74 Å². The van der Waals surface area contributed by atoms with Crippen LogP contribution in [0.3, 0.4) is 0 Å². The Balaban J connectivity index is 1.44. The van der Waals surface area contributed by atoms with Crippen LogP contribution in [0.4, 0.5) is 0 Å². The summed E-state index contributed by atoms with van der Waals surface area (Å²) in [7, 11) is 0. The molecule has 5 nitrogen and oxygen atoms in total. The predicted octanol–water partition coefficient (Wildman–Crippen LogP) is 1.43. The van der Waals surface area contributed by atoms with Gasteiger partial charge in [-0.3, -0.25) is 9.69 Å². The van der Waals surface area contributed by atoms with Gasteiger partial charge in [0.1, 0.15) is 0 Å². The predicted molar refractivity (Wildman–Crippen MR) is 84.6 cm³/mol. The number of hydrogen-bond donors (Lipinski definition) is 1. The fourth-order valence-corrected chi connectivity index (χ4v) is 4.52. The summed E-state index contributed by atoms with van der Waals surface area (Å²) < 4.78 is 5.67. The number of fused-ring (bicyclic) bond motifs is 1. The third kappa shape index (κ3) is 2.57. The molecule has 1 aliphatic carbocycles. The third-order valence-electron chi connectivity index (χ3n) is 5.36. The summed E-state index contributed by atoms with van der Waals surface area (Å²) in [6.07, 6.45) is 2.54. The highest BCUT2D eigenvalue weighted by molar-refractivity contribution is 7.09. The molecule has 3 fully saturated rings. The number of ether oxygens (including phenoxy) is 1. The SMILES string of the molecule is Cc1ncsc1CN1C[C@@H]2COC[C@]2(C(=O)NCC2CC2)C1. The zero-order valence-corrected chi connectivity index (χ0v) is 13.8. The molecule has 0 bridgehead atoms. The lowest BCUT2D eigenvalue weighted by Crippen LogP contribution is -2.47. The summed E-state index contributed by atoms with van der Waals surface area (Å²) in [4.78, 5) is 20.8. The van der Waals surface area contributed by atoms with Crippen molar-refractivity contribution in [1.29, 1.82) is 0 Å². The van der Waals surface area contributed by atoms with Crippen LogP contribution >= 0.6 is 11.3 Å². The van der Waals surface area contributed by atoms with Gasteiger partial charge in [0.05, 0.1) is 29.8 Å². The molecule has 1 aromatic heterocycles. The lowest BCUT2D eigenvalue weighted by molar-refractivity contribution is -0.131. The second-order valence-electron chi connectivity index (χ2n) is 7.05. The maximum Gasteiger partial charge on any atom is 0.230 e. The Morgan fingerprint density at radius 1 is 1.59 bits per heavy atom. The lowest BCUT2D eigenvalue weighted by Gasteiger charge is -2.26. The Labute approximate surface area is 135 Å². The van der Waals surface area contributed by atoms with E-state index in [1.807, 2.05) is 5.51 Å². The molecule has 6 heteroatoms. The van der Waals surface area contributed by atoms with Crippen LogP contribution in [0, 0.1) is 24.2 Å². The second kappa shape index (κ2) is 5.58. The lowest BCUT2D eigenvalue weighted by atomic mass is 9.80. The highest BCUT2D eigenvalue weighted by atomic mass is 32.1. The topological polar surface area (TPSA) is 54.5 Å². The van der Waals surface area contributed by atoms with Gasteiger partial charge in [-0.25, -0.2) is 4.98 Å². The van der Waals surface area contributed by atoms with Crippen LogP contribution < -0.4 is 5.32 Å². The minimum atomic E-state index is -0.326. The van der Waals surface area contributed by atoms with E-state index >= 15 is 0 Å². The van der Waals surface area contributed by atoms with E-state index in [0.29, 0.717) is 12.5 Å². The first-order valence-electron chi connectivity index (χ1n) is 8.15. The molecule has 1 saturated carbocycles. The number of carbonyl (C=O) groups is 1. The van der Waals surface area contributed by atoms with Gasteiger partial charge < -0.3 is 10.1 Å². The number of nitrogens with zero attached hydrogens (tertiary/aromatic N) is 2. The molecule has 3 aliphatic rings. The van der Waals surface area contributed by atoms with Gasteiger partial charge in [0.15, 0.2) is 0 Å². The Morgan fingerprint density at radius 3 is 3.18 bits per heavy atom. The molecule has 0 aromatic carbocycles. The average Bonchev–Trinajstić information content (AvgIpc) is 2.95. The van der Waals surface area contributed by atoms with E-state index in [-0.39, 0.29) is 11.3 Å². The number of rotatable bonds is 5. The first kappa shape index (κ1) is 14.6. The van der Waals surface area contributed by atoms with Gasteiger partial charge >= 0.3 is 0 Å². The Kier molecular flexibility index (Phi) is 3.71. The molecule has 2 saturated heterocycles. The first-order valence-corrected chi connectivity index (χ1v) is 9.03. The van der Waals surface area contributed by atoms with Crippen LogP contribution in [0.1, 0.15) is 23.4 Å². The van der Waals surface area contributed by atoms with Crippen molar-refractivity contribution in [1.82, 2.24) is 15.2 Å². The van der Waals surface area contributed by atoms with Crippen molar-refractivity contribution in [2.45, 2.75) is 26.3 Å². The van der Waals surface area contributed by atoms with E-state index in [2.05, 4.69) is 22.1 Å². The zero-order valence-electron chi connectivity index (χ0n) is 13.0. The van der Waals surface area contributed by atoms with Crippen LogP contribution in [0.15, 0.2) is 5.51 Å². The van der Waals surface area contributed by atoms with Crippen molar-refractivity contribution < 1.29 is 9.53 Å². The van der Waals surface area contributed by atoms with E-state index in [9.17, 15) is 4.79 Å². The smallest absolute Gasteiger partial charge is 0.230 e. The first-order chi connectivity index (χ1) is 10.7. The molecule has 1 amide bonds. The van der Waals surface area contributed by atoms with E-state index in [0.717, 1.165) is 44.4 Å². The molecule has 2 aliphatic heterocycles. The normalized spacial score (nSPS) is 31.4. The number of aryl methyl sites for hydroxylation is 1. The minimum Gasteiger partial charge on any atom is -0.380 e. The highest BCUT2D eigenvalue weighted by Gasteiger charge is 2.55. The maximum absolute atomic E-state index is 12.8. The molecular weight excluding hydrogens is 298 g/mol. The number of nitrogens with one attached hydrogen (secondary N) is 1. The molecule has 120 valence electrons. The number of hydrogen-bond acceptors (Lipinski definition) is 5. The maximum atomic E-state index is 12.8. The third-order valence-corrected chi connectivity index (χ3v) is 6.28. The summed E-state index contributed by atoms with van der Waals surface area (Å²) in [6.45, 7) is 6.87. The van der Waals surface area contributed by atoms with Crippen molar-refractivity contribution in [3.63, 3.8) is 0 Å². The summed E-state index contributed by atoms with van der Waals surface area (Å²) >= 11 is 1.71. The monoisotopic (exact) mass is 321 g/mol. The molecule has 3 heterocycles. The molecule has 0 unspecified atom stereocenters. The van der Waals surface area contributed by atoms with E-state index < -0.39 is 0 Å². The van der Waals surface area contributed by atoms with Crippen LogP contribution in [-0.2, 0) is 16.1 Å². The minimum absolute atomic E-state index is 0.213. The van der Waals surface area contributed by atoms with Crippen LogP contribution in [0.25, 0.3) is 0 Å². The highest BCUT2D eigenvalue weighted by Crippen LogP contribution is 2.42. The van der Waals surface area contributed by atoms with Gasteiger partial charge in [-0.2, -0.15) is 0 Å². The number of thiazole rings is 1. The molecule has 2 atom stereocenters. The summed E-state index contributed by atoms with van der Waals surface area (Å²) in [5.74, 6) is 1.27. The Hall–Kier alpha value is -0.980. The number of likely N-dealkylation sites (tertiary alicyclic amines) is 1. The number of aromatic nitrogens is 1. The number of carbonyl (C=O) groups excluding carboxylic acids is 1. The molecule has 1 aromatic rings. The molecule has 4 rings (SSSR count). The van der Waals surface area contributed by atoms with Crippen molar-refractivity contribution in [2.75, 3.05) is 32.8 Å². The van der Waals surface area contributed by atoms with Gasteiger partial charge in [0.2, 0.25) is 5.91 Å². The van der Waals surface area contributed by atoms with Crippen molar-refractivity contribution in [3.05, 3.63) is 16.1 Å². The second-order valence-corrected chi connectivity index (χ2v) is 7.99. The van der Waals surface area contributed by atoms with Gasteiger partial charge in [-0.1, -0.05) is 0 Å². The Bertz CT molecular complexity index is 571. The molecule has 0 spiro atoms. The largest absolute Gasteiger partial charge is 0.380 e. The zero-order chi connectivity index (χ0) is 15.2. The van der Waals surface area contributed by atoms with Crippen molar-refractivity contribution in [3.8, 4) is 0 Å². The van der Waals surface area contributed by atoms with Crippen LogP contribution in [0.5, 0.6) is 0 Å². The standard InChI is InChI=1S/C16H23N3O2S/c1-11-14(22-10-18-11)6-19-5-13-7-21-9-16(13,8-19)15(20)17-4-12-2-3-12/h10,12-13H,2-9H2,1H3,(H,17,20)/t13-,16-/m1/s1. The van der Waals surface area contributed by atoms with Crippen molar-refractivity contribution >= 4 is 17.2 Å². The van der Waals surface area contributed by atoms with Gasteiger partial charge in [0, 0.05) is 37.0 Å². The van der Waals surface area contributed by atoms with Crippen LogP contribution in [0.2, 0.25) is 0 Å². The van der Waals surface area contributed by atoms with Gasteiger partial charge in [-0.15, -0.1) is 11.3 Å². The summed E-state index contributed by atoms with van der Waals surface area (Å²) in [5.41, 5.74) is 2.70. The molecular formula is C16H23N3O2S. The summed E-state index contributed by atoms with van der Waals surface area (Å²) in [6, 6.07) is 0. The fourth-order valence-electron chi connectivity index (χ4n) is 3.70. The summed E-state index contributed by atoms with van der Waals surface area (Å²) in [5, 5.41) is 3.18. The van der Waals surface area contributed by atoms with Crippen molar-refractivity contribution in [2.24, 2.45) is 17.3 Å². The molecule has 1 N–H and O–H groups in total. The van der Waals surface area contributed by atoms with E-state index in [1.165, 1.54) is 17.7 Å². The van der Waals surface area contributed by atoms with E-state index in [1.54, 1.807) is 11.3 Å². The fraction of sp³-hybridized carbons (Fsp3) is 0.750. The quantitative estimate of drug-likeness (QED) is 0.891. The van der Waals surface area contributed by atoms with Gasteiger partial charge in [0.25, 0.3) is 0 Å². The molecule has 22 heavy (non-hydrogen) atoms. The number of amides is 1. The Morgan fingerprint density at radius 2 is 2.45 bits per heavy atom. The van der Waals surface area contributed by atoms with Crippen LogP contribution in [-0.4, -0.2) is 48.6 Å².